The van der Waals surface area contributed by atoms with E-state index in [0.717, 1.165) is 0 Å². The molecule has 0 aromatic rings. The Bertz CT molecular complexity index is 321. The lowest BCUT2D eigenvalue weighted by Gasteiger charge is -2.04. The van der Waals surface area contributed by atoms with E-state index in [4.69, 9.17) is 4.74 Å². The number of aliphatic imine (C=N–C) groups is 2. The van der Waals surface area contributed by atoms with Gasteiger partial charge in [0.05, 0.1) is 5.92 Å². The summed E-state index contributed by atoms with van der Waals surface area (Å²) in [4.78, 5) is 18.5. The predicted molar refractivity (Wildman–Crippen MR) is 49.5 cm³/mol. The van der Waals surface area contributed by atoms with Crippen molar-refractivity contribution >= 4 is 18.2 Å². The summed E-state index contributed by atoms with van der Waals surface area (Å²) >= 11 is 0. The molecule has 1 heterocycles. The average molecular weight is 178 g/mol. The summed E-state index contributed by atoms with van der Waals surface area (Å²) in [6.07, 6.45) is 4.35. The SMILES string of the molecule is CC(C)C(=O)OC1=CC=C=NC=N1. The number of rotatable bonds is 2. The second-order valence-electron chi connectivity index (χ2n) is 2.75. The molecule has 0 radical (unpaired) electrons. The van der Waals surface area contributed by atoms with E-state index in [-0.39, 0.29) is 17.8 Å². The Balaban J connectivity index is 2.61. The van der Waals surface area contributed by atoms with E-state index in [1.54, 1.807) is 13.8 Å². The van der Waals surface area contributed by atoms with E-state index in [9.17, 15) is 4.79 Å². The fourth-order valence-electron chi connectivity index (χ4n) is 0.595. The van der Waals surface area contributed by atoms with Crippen LogP contribution in [0.15, 0.2) is 28.0 Å². The third kappa shape index (κ3) is 3.05. The molecule has 13 heavy (non-hydrogen) atoms. The molecule has 0 spiro atoms. The largest absolute Gasteiger partial charge is 0.407 e. The van der Waals surface area contributed by atoms with Crippen molar-refractivity contribution in [2.45, 2.75) is 13.8 Å². The summed E-state index contributed by atoms with van der Waals surface area (Å²) in [5, 5.41) is 0. The number of nitrogens with zero attached hydrogens (tertiary/aromatic N) is 2. The molecule has 0 aromatic carbocycles. The first kappa shape index (κ1) is 9.42. The standard InChI is InChI=1S/C9H10N2O2/c1-7(2)9(12)13-8-4-3-5-10-6-11-8/h3-4,6-7H,1-2H3. The maximum Gasteiger partial charge on any atom is 0.315 e. The number of esters is 1. The summed E-state index contributed by atoms with van der Waals surface area (Å²) in [5.41, 5.74) is 0. The van der Waals surface area contributed by atoms with Crippen LogP contribution in [0.4, 0.5) is 0 Å². The summed E-state index contributed by atoms with van der Waals surface area (Å²) in [7, 11) is 0. The second kappa shape index (κ2) is 4.38. The van der Waals surface area contributed by atoms with Gasteiger partial charge in [-0.3, -0.25) is 4.79 Å². The second-order valence-corrected chi connectivity index (χ2v) is 2.75. The third-order valence-corrected chi connectivity index (χ3v) is 1.29. The van der Waals surface area contributed by atoms with Gasteiger partial charge < -0.3 is 4.74 Å². The molecule has 0 saturated carbocycles. The lowest BCUT2D eigenvalue weighted by molar-refractivity contribution is -0.143. The van der Waals surface area contributed by atoms with Gasteiger partial charge in [-0.1, -0.05) is 13.8 Å². The minimum absolute atomic E-state index is 0.163. The topological polar surface area (TPSA) is 51.0 Å². The van der Waals surface area contributed by atoms with Crippen molar-refractivity contribution in [3.63, 3.8) is 0 Å². The van der Waals surface area contributed by atoms with Crippen LogP contribution in [-0.4, -0.2) is 18.2 Å². The molecule has 68 valence electrons. The molecule has 0 aromatic heterocycles. The Morgan fingerprint density at radius 2 is 2.38 bits per heavy atom. The van der Waals surface area contributed by atoms with Gasteiger partial charge in [-0.2, -0.15) is 4.99 Å². The minimum Gasteiger partial charge on any atom is -0.407 e. The van der Waals surface area contributed by atoms with Crippen molar-refractivity contribution in [2.75, 3.05) is 0 Å². The fourth-order valence-corrected chi connectivity index (χ4v) is 0.595. The number of allylic oxidation sites excluding steroid dienone is 2. The lowest BCUT2D eigenvalue weighted by atomic mass is 10.2. The fraction of sp³-hybridized carbons (Fsp3) is 0.333. The van der Waals surface area contributed by atoms with E-state index in [2.05, 4.69) is 15.9 Å². The van der Waals surface area contributed by atoms with Gasteiger partial charge in [0.1, 0.15) is 6.34 Å². The Morgan fingerprint density at radius 3 is 3.08 bits per heavy atom. The molecule has 0 atom stereocenters. The molecule has 0 unspecified atom stereocenters. The number of carbonyl (C=O) groups excluding carboxylic acids is 1. The van der Waals surface area contributed by atoms with Gasteiger partial charge >= 0.3 is 5.97 Å². The molecule has 0 fully saturated rings. The Morgan fingerprint density at radius 1 is 1.62 bits per heavy atom. The number of hydrogen-bond donors (Lipinski definition) is 0. The highest BCUT2D eigenvalue weighted by atomic mass is 16.5. The number of carbonyl (C=O) groups is 1. The number of hydrogen-bond acceptors (Lipinski definition) is 4. The van der Waals surface area contributed by atoms with Crippen LogP contribution in [0.5, 0.6) is 0 Å². The normalized spacial score (nSPS) is 14.2. The van der Waals surface area contributed by atoms with Crippen molar-refractivity contribution in [1.82, 2.24) is 0 Å². The molecule has 1 rings (SSSR count). The van der Waals surface area contributed by atoms with E-state index in [0.29, 0.717) is 0 Å². The Hall–Kier alpha value is -1.67. The van der Waals surface area contributed by atoms with Crippen LogP contribution in [0.3, 0.4) is 0 Å². The van der Waals surface area contributed by atoms with Crippen molar-refractivity contribution in [3.8, 4) is 0 Å². The lowest BCUT2D eigenvalue weighted by Crippen LogP contribution is -2.10. The zero-order chi connectivity index (χ0) is 9.68. The van der Waals surface area contributed by atoms with Crippen LogP contribution in [0.1, 0.15) is 13.8 Å². The van der Waals surface area contributed by atoms with Crippen molar-refractivity contribution < 1.29 is 9.53 Å². The van der Waals surface area contributed by atoms with Gasteiger partial charge in [-0.25, -0.2) is 4.99 Å². The maximum atomic E-state index is 11.1. The van der Waals surface area contributed by atoms with Crippen molar-refractivity contribution in [2.24, 2.45) is 15.9 Å². The van der Waals surface area contributed by atoms with Crippen LogP contribution in [0.2, 0.25) is 0 Å². The quantitative estimate of drug-likeness (QED) is 0.598. The minimum atomic E-state index is -0.307. The molecule has 1 aliphatic heterocycles. The van der Waals surface area contributed by atoms with Crippen LogP contribution < -0.4 is 0 Å². The van der Waals surface area contributed by atoms with Crippen LogP contribution in [0.25, 0.3) is 0 Å². The zero-order valence-corrected chi connectivity index (χ0v) is 7.52. The van der Waals surface area contributed by atoms with Gasteiger partial charge in [-0.15, -0.1) is 0 Å². The van der Waals surface area contributed by atoms with Gasteiger partial charge in [0.15, 0.2) is 0 Å². The van der Waals surface area contributed by atoms with Crippen molar-refractivity contribution in [3.05, 3.63) is 18.0 Å². The molecule has 1 aliphatic rings. The van der Waals surface area contributed by atoms with E-state index >= 15 is 0 Å². The first-order chi connectivity index (χ1) is 6.20. The van der Waals surface area contributed by atoms with Crippen molar-refractivity contribution in [1.29, 1.82) is 0 Å². The molecule has 4 nitrogen and oxygen atoms in total. The Labute approximate surface area is 76.3 Å². The van der Waals surface area contributed by atoms with E-state index < -0.39 is 0 Å². The van der Waals surface area contributed by atoms with Crippen LogP contribution in [-0.2, 0) is 9.53 Å². The van der Waals surface area contributed by atoms with E-state index in [1.165, 1.54) is 18.5 Å². The van der Waals surface area contributed by atoms with Gasteiger partial charge in [0.25, 0.3) is 0 Å². The summed E-state index contributed by atoms with van der Waals surface area (Å²) < 4.78 is 4.93. The molecule has 0 aliphatic carbocycles. The number of ether oxygens (including phenoxy) is 1. The highest BCUT2D eigenvalue weighted by Gasteiger charge is 2.10. The molecule has 4 heteroatoms. The van der Waals surface area contributed by atoms with Crippen LogP contribution in [0, 0.1) is 5.92 Å². The highest BCUT2D eigenvalue weighted by molar-refractivity contribution is 5.75. The molecular formula is C9H10N2O2. The third-order valence-electron chi connectivity index (χ3n) is 1.29. The van der Waals surface area contributed by atoms with Gasteiger partial charge in [-0.05, 0) is 5.87 Å². The molecule has 0 bridgehead atoms. The summed E-state index contributed by atoms with van der Waals surface area (Å²) in [6, 6.07) is 0. The molecular weight excluding hydrogens is 168 g/mol. The first-order valence-electron chi connectivity index (χ1n) is 3.93. The monoisotopic (exact) mass is 178 g/mol. The zero-order valence-electron chi connectivity index (χ0n) is 7.52. The van der Waals surface area contributed by atoms with Gasteiger partial charge in [0.2, 0.25) is 5.88 Å². The van der Waals surface area contributed by atoms with Gasteiger partial charge in [0, 0.05) is 12.2 Å². The maximum absolute atomic E-state index is 11.1. The molecule has 0 N–H and O–H groups in total. The molecule has 0 amide bonds. The molecule has 0 saturated heterocycles. The first-order valence-corrected chi connectivity index (χ1v) is 3.93. The Kier molecular flexibility index (Phi) is 3.17. The predicted octanol–water partition coefficient (Wildman–Crippen LogP) is 1.29. The summed E-state index contributed by atoms with van der Waals surface area (Å²) in [5.74, 6) is 2.34. The summed E-state index contributed by atoms with van der Waals surface area (Å²) in [6.45, 7) is 3.52. The highest BCUT2D eigenvalue weighted by Crippen LogP contribution is 2.05. The van der Waals surface area contributed by atoms with Crippen LogP contribution >= 0.6 is 0 Å². The average Bonchev–Trinajstić information content (AvgIpc) is 2.32. The van der Waals surface area contributed by atoms with E-state index in [1.807, 2.05) is 0 Å². The smallest absolute Gasteiger partial charge is 0.315 e.